The molecule has 0 fully saturated rings. The highest BCUT2D eigenvalue weighted by atomic mass is 16.4. The van der Waals surface area contributed by atoms with Gasteiger partial charge in [0.2, 0.25) is 5.91 Å². The van der Waals surface area contributed by atoms with Crippen LogP contribution in [-0.4, -0.2) is 29.4 Å². The number of amides is 2. The molecule has 0 aliphatic heterocycles. The van der Waals surface area contributed by atoms with Crippen molar-refractivity contribution in [1.82, 2.24) is 5.32 Å². The van der Waals surface area contributed by atoms with E-state index in [4.69, 9.17) is 5.11 Å². The average molecular weight is 316 g/mol. The number of rotatable bonds is 6. The molecule has 0 atom stereocenters. The Morgan fingerprint density at radius 3 is 2.43 bits per heavy atom. The summed E-state index contributed by atoms with van der Waals surface area (Å²) in [5.41, 5.74) is 2.14. The first-order valence-corrected chi connectivity index (χ1v) is 7.62. The molecule has 1 aliphatic rings. The molecular formula is C17H20N2O4. The Balaban J connectivity index is 1.86. The number of hydrogen-bond acceptors (Lipinski definition) is 3. The number of carbonyl (C=O) groups excluding carboxylic acids is 2. The smallest absolute Gasteiger partial charge is 0.322 e. The van der Waals surface area contributed by atoms with Gasteiger partial charge in [0, 0.05) is 17.7 Å². The number of allylic oxidation sites excluding steroid dienone is 1. The van der Waals surface area contributed by atoms with Gasteiger partial charge >= 0.3 is 5.97 Å². The van der Waals surface area contributed by atoms with Gasteiger partial charge in [0.15, 0.2) is 0 Å². The number of hydrogen-bond donors (Lipinski definition) is 3. The van der Waals surface area contributed by atoms with Crippen molar-refractivity contribution in [1.29, 1.82) is 0 Å². The maximum atomic E-state index is 12.0. The lowest BCUT2D eigenvalue weighted by Gasteiger charge is -2.12. The molecule has 0 bridgehead atoms. The molecule has 1 aliphatic carbocycles. The maximum Gasteiger partial charge on any atom is 0.322 e. The number of carboxylic acid groups (broad SMARTS) is 1. The van der Waals surface area contributed by atoms with E-state index in [0.717, 1.165) is 19.3 Å². The minimum absolute atomic E-state index is 0.0683. The molecule has 0 aromatic heterocycles. The Bertz CT molecular complexity index is 620. The highest BCUT2D eigenvalue weighted by molar-refractivity contribution is 5.97. The summed E-state index contributed by atoms with van der Waals surface area (Å²) in [6.07, 6.45) is 6.90. The SMILES string of the molecule is O=C(O)CNC(=O)c1ccc(NC(=O)CC2=CCCCC2)cc1. The van der Waals surface area contributed by atoms with Gasteiger partial charge in [-0.05, 0) is 49.9 Å². The molecule has 122 valence electrons. The Labute approximate surface area is 134 Å². The molecule has 0 radical (unpaired) electrons. The van der Waals surface area contributed by atoms with Crippen molar-refractivity contribution in [2.45, 2.75) is 32.1 Å². The highest BCUT2D eigenvalue weighted by Crippen LogP contribution is 2.20. The molecule has 1 aromatic rings. The van der Waals surface area contributed by atoms with Crippen LogP contribution in [0.5, 0.6) is 0 Å². The number of carbonyl (C=O) groups is 3. The summed E-state index contributed by atoms with van der Waals surface area (Å²) in [6, 6.07) is 6.35. The third kappa shape index (κ3) is 5.58. The third-order valence-electron chi connectivity index (χ3n) is 3.60. The molecule has 3 N–H and O–H groups in total. The normalized spacial score (nSPS) is 13.8. The van der Waals surface area contributed by atoms with E-state index in [1.54, 1.807) is 24.3 Å². The summed E-state index contributed by atoms with van der Waals surface area (Å²) in [5.74, 6) is -1.63. The number of carboxylic acids is 1. The Hall–Kier alpha value is -2.63. The first-order valence-electron chi connectivity index (χ1n) is 7.62. The van der Waals surface area contributed by atoms with Gasteiger partial charge in [-0.1, -0.05) is 11.6 Å². The molecular weight excluding hydrogens is 296 g/mol. The van der Waals surface area contributed by atoms with Crippen LogP contribution in [0, 0.1) is 0 Å². The molecule has 23 heavy (non-hydrogen) atoms. The lowest BCUT2D eigenvalue weighted by molar-refractivity contribution is -0.135. The van der Waals surface area contributed by atoms with E-state index < -0.39 is 18.4 Å². The number of aliphatic carboxylic acids is 1. The molecule has 6 heteroatoms. The van der Waals surface area contributed by atoms with Crippen LogP contribution < -0.4 is 10.6 Å². The summed E-state index contributed by atoms with van der Waals surface area (Å²) in [6.45, 7) is -0.424. The van der Waals surface area contributed by atoms with Crippen LogP contribution in [0.15, 0.2) is 35.9 Å². The van der Waals surface area contributed by atoms with E-state index >= 15 is 0 Å². The first-order chi connectivity index (χ1) is 11.0. The van der Waals surface area contributed by atoms with Gasteiger partial charge in [0.1, 0.15) is 6.54 Å². The van der Waals surface area contributed by atoms with Gasteiger partial charge in [0.25, 0.3) is 5.91 Å². The molecule has 2 amide bonds. The molecule has 2 rings (SSSR count). The second kappa shape index (κ2) is 8.12. The lowest BCUT2D eigenvalue weighted by atomic mass is 9.97. The number of benzene rings is 1. The number of anilines is 1. The van der Waals surface area contributed by atoms with Crippen molar-refractivity contribution < 1.29 is 19.5 Å². The molecule has 0 heterocycles. The molecule has 1 aromatic carbocycles. The second-order valence-corrected chi connectivity index (χ2v) is 5.49. The van der Waals surface area contributed by atoms with Crippen molar-refractivity contribution in [2.75, 3.05) is 11.9 Å². The zero-order valence-electron chi connectivity index (χ0n) is 12.8. The molecule has 0 spiro atoms. The van der Waals surface area contributed by atoms with Crippen LogP contribution in [0.1, 0.15) is 42.5 Å². The zero-order valence-corrected chi connectivity index (χ0v) is 12.8. The highest BCUT2D eigenvalue weighted by Gasteiger charge is 2.10. The Morgan fingerprint density at radius 2 is 1.83 bits per heavy atom. The van der Waals surface area contributed by atoms with Crippen LogP contribution in [0.4, 0.5) is 5.69 Å². The standard InChI is InChI=1S/C17H20N2O4/c20-15(10-12-4-2-1-3-5-12)19-14-8-6-13(7-9-14)17(23)18-11-16(21)22/h4,6-9H,1-3,5,10-11H2,(H,18,23)(H,19,20)(H,21,22). The van der Waals surface area contributed by atoms with Crippen molar-refractivity contribution in [2.24, 2.45) is 0 Å². The van der Waals surface area contributed by atoms with Gasteiger partial charge in [-0.25, -0.2) is 0 Å². The summed E-state index contributed by atoms with van der Waals surface area (Å²) in [5, 5.41) is 13.6. The quantitative estimate of drug-likeness (QED) is 0.702. The van der Waals surface area contributed by atoms with Gasteiger partial charge in [-0.2, -0.15) is 0 Å². The lowest BCUT2D eigenvalue weighted by Crippen LogP contribution is -2.29. The van der Waals surface area contributed by atoms with Crippen LogP contribution in [0.25, 0.3) is 0 Å². The summed E-state index contributed by atoms with van der Waals surface area (Å²) < 4.78 is 0. The third-order valence-corrected chi connectivity index (χ3v) is 3.60. The second-order valence-electron chi connectivity index (χ2n) is 5.49. The first kappa shape index (κ1) is 16.7. The minimum Gasteiger partial charge on any atom is -0.480 e. The monoisotopic (exact) mass is 316 g/mol. The fourth-order valence-electron chi connectivity index (χ4n) is 2.44. The van der Waals surface area contributed by atoms with Crippen LogP contribution >= 0.6 is 0 Å². The molecule has 0 saturated carbocycles. The van der Waals surface area contributed by atoms with Gasteiger partial charge < -0.3 is 15.7 Å². The minimum atomic E-state index is -1.10. The van der Waals surface area contributed by atoms with E-state index in [-0.39, 0.29) is 5.91 Å². The van der Waals surface area contributed by atoms with Crippen molar-refractivity contribution >= 4 is 23.5 Å². The van der Waals surface area contributed by atoms with Crippen molar-refractivity contribution in [3.63, 3.8) is 0 Å². The van der Waals surface area contributed by atoms with Crippen LogP contribution in [0.2, 0.25) is 0 Å². The fourth-order valence-corrected chi connectivity index (χ4v) is 2.44. The van der Waals surface area contributed by atoms with E-state index in [1.165, 1.54) is 12.0 Å². The van der Waals surface area contributed by atoms with Gasteiger partial charge in [0.05, 0.1) is 0 Å². The average Bonchev–Trinajstić information content (AvgIpc) is 2.54. The summed E-state index contributed by atoms with van der Waals surface area (Å²) in [4.78, 5) is 34.1. The predicted molar refractivity (Wildman–Crippen MR) is 86.2 cm³/mol. The van der Waals surface area contributed by atoms with Crippen LogP contribution in [-0.2, 0) is 9.59 Å². The summed E-state index contributed by atoms with van der Waals surface area (Å²) in [7, 11) is 0. The largest absolute Gasteiger partial charge is 0.480 e. The Kier molecular flexibility index (Phi) is 5.91. The zero-order chi connectivity index (χ0) is 16.7. The van der Waals surface area contributed by atoms with E-state index in [1.807, 2.05) is 0 Å². The number of nitrogens with one attached hydrogen (secondary N) is 2. The Morgan fingerprint density at radius 1 is 1.09 bits per heavy atom. The van der Waals surface area contributed by atoms with E-state index in [0.29, 0.717) is 17.7 Å². The van der Waals surface area contributed by atoms with Crippen molar-refractivity contribution in [3.05, 3.63) is 41.5 Å². The van der Waals surface area contributed by atoms with Crippen LogP contribution in [0.3, 0.4) is 0 Å². The molecule has 0 saturated heterocycles. The van der Waals surface area contributed by atoms with Gasteiger partial charge in [-0.15, -0.1) is 0 Å². The summed E-state index contributed by atoms with van der Waals surface area (Å²) >= 11 is 0. The van der Waals surface area contributed by atoms with E-state index in [9.17, 15) is 14.4 Å². The maximum absolute atomic E-state index is 12.0. The van der Waals surface area contributed by atoms with Gasteiger partial charge in [-0.3, -0.25) is 14.4 Å². The fraction of sp³-hybridized carbons (Fsp3) is 0.353. The predicted octanol–water partition coefficient (Wildman–Crippen LogP) is 2.33. The molecule has 6 nitrogen and oxygen atoms in total. The topological polar surface area (TPSA) is 95.5 Å². The van der Waals surface area contributed by atoms with Crippen molar-refractivity contribution in [3.8, 4) is 0 Å². The molecule has 0 unspecified atom stereocenters. The van der Waals surface area contributed by atoms with E-state index in [2.05, 4.69) is 16.7 Å².